The van der Waals surface area contributed by atoms with Gasteiger partial charge in [0.2, 0.25) is 5.28 Å². The molecule has 1 aromatic rings. The normalized spacial score (nSPS) is 9.43. The van der Waals surface area contributed by atoms with E-state index in [1.54, 1.807) is 4.90 Å². The summed E-state index contributed by atoms with van der Waals surface area (Å²) >= 11 is 5.56. The van der Waals surface area contributed by atoms with Crippen LogP contribution < -0.4 is 4.90 Å². The van der Waals surface area contributed by atoms with E-state index < -0.39 is 5.82 Å². The van der Waals surface area contributed by atoms with Crippen LogP contribution in [0.5, 0.6) is 0 Å². The molecule has 0 bridgehead atoms. The van der Waals surface area contributed by atoms with Gasteiger partial charge in [-0.1, -0.05) is 0 Å². The number of anilines is 1. The Morgan fingerprint density at radius 1 is 1.43 bits per heavy atom. The zero-order valence-corrected chi connectivity index (χ0v) is 9.57. The predicted octanol–water partition coefficient (Wildman–Crippen LogP) is 2.54. The molecule has 80 valence electrons. The lowest BCUT2D eigenvalue weighted by molar-refractivity contribution is 0.604. The summed E-state index contributed by atoms with van der Waals surface area (Å²) in [4.78, 5) is 9.14. The van der Waals surface area contributed by atoms with Crippen LogP contribution in [0.2, 0.25) is 5.28 Å². The quantitative estimate of drug-likeness (QED) is 0.760. The van der Waals surface area contributed by atoms with Crippen LogP contribution in [0.3, 0.4) is 0 Å². The first kappa shape index (κ1) is 13.4. The first-order valence-electron chi connectivity index (χ1n) is 4.12. The van der Waals surface area contributed by atoms with Crippen molar-refractivity contribution in [3.05, 3.63) is 17.3 Å². The highest BCUT2D eigenvalue weighted by molar-refractivity contribution is 6.28. The Labute approximate surface area is 93.7 Å². The standard InChI is InChI=1S/C8H11ClFN3.ClH/c1-3-13(4-2)7-6(10)5-11-8(9)12-7;/h5H,3-4H2,1-2H3;1H. The van der Waals surface area contributed by atoms with Crippen molar-refractivity contribution in [1.29, 1.82) is 0 Å². The Hall–Kier alpha value is -0.610. The fourth-order valence-corrected chi connectivity index (χ4v) is 1.21. The lowest BCUT2D eigenvalue weighted by atomic mass is 10.4. The molecule has 6 heteroatoms. The maximum Gasteiger partial charge on any atom is 0.224 e. The van der Waals surface area contributed by atoms with Gasteiger partial charge in [0.15, 0.2) is 11.6 Å². The average molecular weight is 240 g/mol. The maximum atomic E-state index is 13.2. The van der Waals surface area contributed by atoms with Crippen LogP contribution in [0.4, 0.5) is 10.2 Å². The van der Waals surface area contributed by atoms with Crippen LogP contribution >= 0.6 is 24.0 Å². The van der Waals surface area contributed by atoms with Crippen LogP contribution in [-0.2, 0) is 0 Å². The third-order valence-corrected chi connectivity index (χ3v) is 1.94. The Kier molecular flexibility index (Phi) is 5.72. The van der Waals surface area contributed by atoms with Gasteiger partial charge in [-0.2, -0.15) is 4.98 Å². The highest BCUT2D eigenvalue weighted by Gasteiger charge is 2.10. The molecule has 0 spiro atoms. The second-order valence-electron chi connectivity index (χ2n) is 2.48. The molecule has 0 unspecified atom stereocenters. The minimum atomic E-state index is -0.437. The molecule has 14 heavy (non-hydrogen) atoms. The largest absolute Gasteiger partial charge is 0.355 e. The molecule has 0 fully saturated rings. The zero-order chi connectivity index (χ0) is 9.84. The maximum absolute atomic E-state index is 13.2. The molecular formula is C8H12Cl2FN3. The van der Waals surface area contributed by atoms with Crippen LogP contribution in [0.1, 0.15) is 13.8 Å². The van der Waals surface area contributed by atoms with Crippen molar-refractivity contribution in [2.24, 2.45) is 0 Å². The molecule has 0 saturated carbocycles. The molecule has 0 aliphatic heterocycles. The van der Waals surface area contributed by atoms with Crippen LogP contribution in [0, 0.1) is 5.82 Å². The fourth-order valence-electron chi connectivity index (χ4n) is 1.08. The summed E-state index contributed by atoms with van der Waals surface area (Å²) in [5.41, 5.74) is 0. The number of hydrogen-bond acceptors (Lipinski definition) is 3. The van der Waals surface area contributed by atoms with Gasteiger partial charge < -0.3 is 4.90 Å². The van der Waals surface area contributed by atoms with E-state index in [1.165, 1.54) is 0 Å². The van der Waals surface area contributed by atoms with Gasteiger partial charge in [0, 0.05) is 13.1 Å². The molecule has 0 aromatic carbocycles. The first-order chi connectivity index (χ1) is 6.19. The summed E-state index contributed by atoms with van der Waals surface area (Å²) in [6.45, 7) is 5.25. The Balaban J connectivity index is 0.00000169. The van der Waals surface area contributed by atoms with E-state index in [9.17, 15) is 4.39 Å². The van der Waals surface area contributed by atoms with Crippen molar-refractivity contribution in [3.8, 4) is 0 Å². The van der Waals surface area contributed by atoms with E-state index >= 15 is 0 Å². The summed E-state index contributed by atoms with van der Waals surface area (Å²) in [7, 11) is 0. The van der Waals surface area contributed by atoms with Gasteiger partial charge in [0.05, 0.1) is 6.20 Å². The van der Waals surface area contributed by atoms with Crippen molar-refractivity contribution in [1.82, 2.24) is 9.97 Å². The third kappa shape index (κ3) is 2.96. The summed E-state index contributed by atoms with van der Waals surface area (Å²) in [6.07, 6.45) is 1.09. The lowest BCUT2D eigenvalue weighted by Gasteiger charge is -2.19. The molecular weight excluding hydrogens is 228 g/mol. The van der Waals surface area contributed by atoms with E-state index in [0.717, 1.165) is 6.20 Å². The Bertz CT molecular complexity index is 292. The molecule has 1 rings (SSSR count). The van der Waals surface area contributed by atoms with E-state index in [4.69, 9.17) is 11.6 Å². The first-order valence-corrected chi connectivity index (χ1v) is 4.49. The van der Waals surface area contributed by atoms with Crippen molar-refractivity contribution in [2.75, 3.05) is 18.0 Å². The molecule has 0 amide bonds. The van der Waals surface area contributed by atoms with Gasteiger partial charge in [-0.3, -0.25) is 0 Å². The Morgan fingerprint density at radius 3 is 2.50 bits per heavy atom. The van der Waals surface area contributed by atoms with E-state index in [2.05, 4.69) is 9.97 Å². The molecule has 1 heterocycles. The second kappa shape index (κ2) is 5.98. The van der Waals surface area contributed by atoms with Crippen molar-refractivity contribution >= 4 is 29.8 Å². The van der Waals surface area contributed by atoms with Gasteiger partial charge in [0.25, 0.3) is 0 Å². The smallest absolute Gasteiger partial charge is 0.224 e. The van der Waals surface area contributed by atoms with Gasteiger partial charge in [-0.05, 0) is 25.4 Å². The second-order valence-corrected chi connectivity index (χ2v) is 2.82. The number of rotatable bonds is 3. The van der Waals surface area contributed by atoms with Gasteiger partial charge in [0.1, 0.15) is 0 Å². The monoisotopic (exact) mass is 239 g/mol. The molecule has 0 aliphatic carbocycles. The fraction of sp³-hybridized carbons (Fsp3) is 0.500. The minimum absolute atomic E-state index is 0. The number of aromatic nitrogens is 2. The highest BCUT2D eigenvalue weighted by Crippen LogP contribution is 2.16. The summed E-state index contributed by atoms with van der Waals surface area (Å²) in [6, 6.07) is 0. The van der Waals surface area contributed by atoms with Crippen LogP contribution in [0.25, 0.3) is 0 Å². The summed E-state index contributed by atoms with van der Waals surface area (Å²) in [5, 5.41) is 0.0725. The third-order valence-electron chi connectivity index (χ3n) is 1.76. The number of nitrogens with zero attached hydrogens (tertiary/aromatic N) is 3. The predicted molar refractivity (Wildman–Crippen MR) is 57.8 cm³/mol. The van der Waals surface area contributed by atoms with E-state index in [0.29, 0.717) is 13.1 Å². The molecule has 0 N–H and O–H groups in total. The lowest BCUT2D eigenvalue weighted by Crippen LogP contribution is -2.24. The van der Waals surface area contributed by atoms with Crippen LogP contribution in [-0.4, -0.2) is 23.1 Å². The van der Waals surface area contributed by atoms with Crippen molar-refractivity contribution in [2.45, 2.75) is 13.8 Å². The molecule has 1 aromatic heterocycles. The van der Waals surface area contributed by atoms with Crippen molar-refractivity contribution in [3.63, 3.8) is 0 Å². The van der Waals surface area contributed by atoms with E-state index in [1.807, 2.05) is 13.8 Å². The van der Waals surface area contributed by atoms with Gasteiger partial charge in [-0.15, -0.1) is 12.4 Å². The molecule has 0 aliphatic rings. The highest BCUT2D eigenvalue weighted by atomic mass is 35.5. The summed E-state index contributed by atoms with van der Waals surface area (Å²) < 4.78 is 13.2. The molecule has 0 saturated heterocycles. The topological polar surface area (TPSA) is 29.0 Å². The summed E-state index contributed by atoms with van der Waals surface area (Å²) in [5.74, 6) is -0.168. The van der Waals surface area contributed by atoms with Gasteiger partial charge >= 0.3 is 0 Å². The molecule has 0 radical (unpaired) electrons. The average Bonchev–Trinajstić information content (AvgIpc) is 2.13. The molecule has 0 atom stereocenters. The molecule has 3 nitrogen and oxygen atoms in total. The SMILES string of the molecule is CCN(CC)c1nc(Cl)ncc1F.Cl. The van der Waals surface area contributed by atoms with E-state index in [-0.39, 0.29) is 23.5 Å². The van der Waals surface area contributed by atoms with Crippen LogP contribution in [0.15, 0.2) is 6.20 Å². The minimum Gasteiger partial charge on any atom is -0.355 e. The Morgan fingerprint density at radius 2 is 2.00 bits per heavy atom. The zero-order valence-electron chi connectivity index (χ0n) is 8.00. The number of hydrogen-bond donors (Lipinski definition) is 0. The van der Waals surface area contributed by atoms with Crippen molar-refractivity contribution < 1.29 is 4.39 Å². The number of halogens is 3. The van der Waals surface area contributed by atoms with Gasteiger partial charge in [-0.25, -0.2) is 9.37 Å².